The van der Waals surface area contributed by atoms with Crippen molar-refractivity contribution in [3.63, 3.8) is 0 Å². The molecule has 0 amide bonds. The molecule has 74 valence electrons. The van der Waals surface area contributed by atoms with Crippen molar-refractivity contribution in [2.24, 2.45) is 0 Å². The maximum Gasteiger partial charge on any atom is 0.330 e. The zero-order valence-corrected chi connectivity index (χ0v) is 7.81. The molecular formula is C11H12O3. The molecule has 1 rings (SSSR count). The van der Waals surface area contributed by atoms with E-state index in [1.54, 1.807) is 18.2 Å². The smallest absolute Gasteiger partial charge is 0.330 e. The van der Waals surface area contributed by atoms with Gasteiger partial charge in [-0.25, -0.2) is 4.79 Å². The monoisotopic (exact) mass is 192 g/mol. The van der Waals surface area contributed by atoms with Crippen LogP contribution < -0.4 is 0 Å². The van der Waals surface area contributed by atoms with Gasteiger partial charge in [-0.2, -0.15) is 0 Å². The molecule has 0 radical (unpaired) electrons. The average molecular weight is 192 g/mol. The van der Waals surface area contributed by atoms with Crippen LogP contribution in [-0.4, -0.2) is 5.97 Å². The van der Waals surface area contributed by atoms with Crippen LogP contribution in [0.25, 0.3) is 0 Å². The Kier molecular flexibility index (Phi) is 3.73. The van der Waals surface area contributed by atoms with Gasteiger partial charge in [0.1, 0.15) is 5.76 Å². The Labute approximate surface area is 82.7 Å². The van der Waals surface area contributed by atoms with Crippen molar-refractivity contribution in [2.75, 3.05) is 0 Å². The van der Waals surface area contributed by atoms with Crippen molar-refractivity contribution in [2.45, 2.75) is 12.5 Å². The van der Waals surface area contributed by atoms with Crippen LogP contribution >= 0.6 is 0 Å². The first kappa shape index (κ1) is 10.3. The lowest BCUT2D eigenvalue weighted by atomic mass is 10.2. The first-order valence-electron chi connectivity index (χ1n) is 4.25. The summed E-state index contributed by atoms with van der Waals surface area (Å²) in [5.41, 5.74) is 0. The summed E-state index contributed by atoms with van der Waals surface area (Å²) in [5, 5.41) is 0. The molecule has 0 aliphatic rings. The van der Waals surface area contributed by atoms with Gasteiger partial charge in [0.2, 0.25) is 0 Å². The van der Waals surface area contributed by atoms with Gasteiger partial charge in [-0.3, -0.25) is 0 Å². The van der Waals surface area contributed by atoms with E-state index in [1.165, 1.54) is 6.26 Å². The highest BCUT2D eigenvalue weighted by Gasteiger charge is 2.15. The number of ether oxygens (including phenoxy) is 1. The normalized spacial score (nSPS) is 11.7. The van der Waals surface area contributed by atoms with Gasteiger partial charge in [-0.1, -0.05) is 12.7 Å². The predicted molar refractivity (Wildman–Crippen MR) is 52.6 cm³/mol. The van der Waals surface area contributed by atoms with E-state index in [9.17, 15) is 4.79 Å². The van der Waals surface area contributed by atoms with Gasteiger partial charge in [-0.15, -0.1) is 6.58 Å². The molecule has 0 saturated carbocycles. The summed E-state index contributed by atoms with van der Waals surface area (Å²) in [6.07, 6.45) is 4.44. The van der Waals surface area contributed by atoms with Gasteiger partial charge in [0, 0.05) is 12.5 Å². The van der Waals surface area contributed by atoms with Gasteiger partial charge in [0.15, 0.2) is 6.10 Å². The van der Waals surface area contributed by atoms with E-state index >= 15 is 0 Å². The minimum Gasteiger partial charge on any atom is -0.465 e. The second-order valence-electron chi connectivity index (χ2n) is 2.67. The predicted octanol–water partition coefficient (Wildman–Crippen LogP) is 2.63. The lowest BCUT2D eigenvalue weighted by molar-refractivity contribution is -0.144. The van der Waals surface area contributed by atoms with Gasteiger partial charge in [0.05, 0.1) is 6.26 Å². The van der Waals surface area contributed by atoms with E-state index in [1.807, 2.05) is 0 Å². The van der Waals surface area contributed by atoms with Crippen LogP contribution in [-0.2, 0) is 9.53 Å². The molecule has 1 heterocycles. The SMILES string of the molecule is C=CCC(OC(=O)C=C)c1ccco1. The first-order valence-corrected chi connectivity index (χ1v) is 4.25. The van der Waals surface area contributed by atoms with Crippen molar-refractivity contribution in [1.82, 2.24) is 0 Å². The van der Waals surface area contributed by atoms with E-state index in [0.29, 0.717) is 12.2 Å². The number of hydrogen-bond acceptors (Lipinski definition) is 3. The number of rotatable bonds is 5. The second-order valence-corrected chi connectivity index (χ2v) is 2.67. The molecule has 3 nitrogen and oxygen atoms in total. The minimum atomic E-state index is -0.465. The summed E-state index contributed by atoms with van der Waals surface area (Å²) < 4.78 is 10.2. The molecule has 0 fully saturated rings. The van der Waals surface area contributed by atoms with Crippen molar-refractivity contribution in [3.8, 4) is 0 Å². The lowest BCUT2D eigenvalue weighted by Gasteiger charge is -2.12. The summed E-state index contributed by atoms with van der Waals surface area (Å²) in [4.78, 5) is 11.0. The number of hydrogen-bond donors (Lipinski definition) is 0. The Balaban J connectivity index is 2.69. The Hall–Kier alpha value is -1.77. The molecule has 0 aliphatic heterocycles. The number of carbonyl (C=O) groups is 1. The summed E-state index contributed by atoms with van der Waals surface area (Å²) in [6, 6.07) is 3.50. The van der Waals surface area contributed by atoms with E-state index in [4.69, 9.17) is 9.15 Å². The lowest BCUT2D eigenvalue weighted by Crippen LogP contribution is -2.07. The first-order chi connectivity index (χ1) is 6.77. The molecule has 3 heteroatoms. The fourth-order valence-electron chi connectivity index (χ4n) is 1.04. The Morgan fingerprint density at radius 2 is 2.43 bits per heavy atom. The molecule has 0 spiro atoms. The Morgan fingerprint density at radius 1 is 1.64 bits per heavy atom. The van der Waals surface area contributed by atoms with Crippen molar-refractivity contribution < 1.29 is 13.9 Å². The fourth-order valence-corrected chi connectivity index (χ4v) is 1.04. The zero-order valence-electron chi connectivity index (χ0n) is 7.81. The molecule has 1 unspecified atom stereocenters. The second kappa shape index (κ2) is 5.07. The summed E-state index contributed by atoms with van der Waals surface area (Å²) in [7, 11) is 0. The number of furan rings is 1. The summed E-state index contributed by atoms with van der Waals surface area (Å²) >= 11 is 0. The molecule has 14 heavy (non-hydrogen) atoms. The number of esters is 1. The van der Waals surface area contributed by atoms with Gasteiger partial charge in [-0.05, 0) is 12.1 Å². The topological polar surface area (TPSA) is 39.4 Å². The zero-order chi connectivity index (χ0) is 10.4. The molecule has 1 atom stereocenters. The third-order valence-electron chi connectivity index (χ3n) is 1.67. The van der Waals surface area contributed by atoms with Crippen LogP contribution in [0.4, 0.5) is 0 Å². The van der Waals surface area contributed by atoms with Gasteiger partial charge >= 0.3 is 5.97 Å². The van der Waals surface area contributed by atoms with E-state index < -0.39 is 12.1 Å². The van der Waals surface area contributed by atoms with E-state index in [-0.39, 0.29) is 0 Å². The van der Waals surface area contributed by atoms with E-state index in [2.05, 4.69) is 13.2 Å². The molecule has 0 bridgehead atoms. The maximum atomic E-state index is 11.0. The minimum absolute atomic E-state index is 0.409. The summed E-state index contributed by atoms with van der Waals surface area (Å²) in [5.74, 6) is 0.147. The molecule has 1 aromatic rings. The molecule has 0 aliphatic carbocycles. The van der Waals surface area contributed by atoms with Crippen LogP contribution in [0.3, 0.4) is 0 Å². The highest BCUT2D eigenvalue weighted by atomic mass is 16.5. The quantitative estimate of drug-likeness (QED) is 0.409. The fraction of sp³-hybridized carbons (Fsp3) is 0.182. The maximum absolute atomic E-state index is 11.0. The standard InChI is InChI=1S/C11H12O3/c1-3-6-10(14-11(12)4-2)9-7-5-8-13-9/h3-5,7-8,10H,1-2,6H2. The molecule has 0 saturated heterocycles. The average Bonchev–Trinajstić information content (AvgIpc) is 2.69. The van der Waals surface area contributed by atoms with E-state index in [0.717, 1.165) is 6.08 Å². The van der Waals surface area contributed by atoms with Gasteiger partial charge in [0.25, 0.3) is 0 Å². The van der Waals surface area contributed by atoms with Crippen LogP contribution in [0.15, 0.2) is 48.1 Å². The van der Waals surface area contributed by atoms with Gasteiger partial charge < -0.3 is 9.15 Å². The molecular weight excluding hydrogens is 180 g/mol. The highest BCUT2D eigenvalue weighted by molar-refractivity contribution is 5.81. The highest BCUT2D eigenvalue weighted by Crippen LogP contribution is 2.22. The largest absolute Gasteiger partial charge is 0.465 e. The Morgan fingerprint density at radius 3 is 2.93 bits per heavy atom. The summed E-state index contributed by atoms with van der Waals surface area (Å²) in [6.45, 7) is 6.91. The van der Waals surface area contributed by atoms with Crippen molar-refractivity contribution >= 4 is 5.97 Å². The van der Waals surface area contributed by atoms with Crippen LogP contribution in [0, 0.1) is 0 Å². The third kappa shape index (κ3) is 2.62. The molecule has 0 N–H and O–H groups in total. The third-order valence-corrected chi connectivity index (χ3v) is 1.67. The Bertz CT molecular complexity index is 311. The van der Waals surface area contributed by atoms with Crippen molar-refractivity contribution in [1.29, 1.82) is 0 Å². The van der Waals surface area contributed by atoms with Crippen molar-refractivity contribution in [3.05, 3.63) is 49.5 Å². The number of carbonyl (C=O) groups excluding carboxylic acids is 1. The van der Waals surface area contributed by atoms with Crippen LogP contribution in [0.5, 0.6) is 0 Å². The molecule has 0 aromatic carbocycles. The van der Waals surface area contributed by atoms with Crippen LogP contribution in [0.2, 0.25) is 0 Å². The van der Waals surface area contributed by atoms with Crippen LogP contribution in [0.1, 0.15) is 18.3 Å². The molecule has 1 aromatic heterocycles.